The van der Waals surface area contributed by atoms with Crippen molar-refractivity contribution in [3.63, 3.8) is 0 Å². The van der Waals surface area contributed by atoms with Gasteiger partial charge in [-0.15, -0.1) is 11.3 Å². The Morgan fingerprint density at radius 1 is 1.33 bits per heavy atom. The van der Waals surface area contributed by atoms with Crippen LogP contribution in [0.5, 0.6) is 0 Å². The van der Waals surface area contributed by atoms with Crippen LogP contribution in [0.4, 0.5) is 0 Å². The van der Waals surface area contributed by atoms with E-state index in [1.165, 1.54) is 29.7 Å². The minimum absolute atomic E-state index is 0.364. The highest BCUT2D eigenvalue weighted by molar-refractivity contribution is 7.10. The van der Waals surface area contributed by atoms with Crippen LogP contribution in [0.1, 0.15) is 42.5 Å². The predicted octanol–water partition coefficient (Wildman–Crippen LogP) is 3.26. The fourth-order valence-electron chi connectivity index (χ4n) is 3.22. The van der Waals surface area contributed by atoms with E-state index in [0.29, 0.717) is 18.2 Å². The first-order valence-electron chi connectivity index (χ1n) is 7.13. The summed E-state index contributed by atoms with van der Waals surface area (Å²) in [6.07, 6.45) is 7.24. The molecule has 3 rings (SSSR count). The number of ketones is 1. The van der Waals surface area contributed by atoms with Crippen molar-refractivity contribution in [2.24, 2.45) is 5.92 Å². The maximum Gasteiger partial charge on any atom is 0.149 e. The van der Waals surface area contributed by atoms with E-state index >= 15 is 0 Å². The minimum Gasteiger partial charge on any atom is -0.298 e. The van der Waals surface area contributed by atoms with Gasteiger partial charge in [0.2, 0.25) is 0 Å². The first-order valence-corrected chi connectivity index (χ1v) is 8.01. The zero-order chi connectivity index (χ0) is 12.4. The topological polar surface area (TPSA) is 20.3 Å². The second-order valence-electron chi connectivity index (χ2n) is 5.63. The lowest BCUT2D eigenvalue weighted by Gasteiger charge is -2.28. The van der Waals surface area contributed by atoms with Gasteiger partial charge >= 0.3 is 0 Å². The molecule has 1 fully saturated rings. The maximum atomic E-state index is 12.3. The van der Waals surface area contributed by atoms with Crippen molar-refractivity contribution in [1.82, 2.24) is 4.90 Å². The largest absolute Gasteiger partial charge is 0.298 e. The molecule has 0 N–H and O–H groups in total. The maximum absolute atomic E-state index is 12.3. The summed E-state index contributed by atoms with van der Waals surface area (Å²) in [6.45, 7) is 2.73. The Balaban J connectivity index is 1.56. The highest BCUT2D eigenvalue weighted by atomic mass is 32.1. The smallest absolute Gasteiger partial charge is 0.149 e. The van der Waals surface area contributed by atoms with Crippen LogP contribution in [-0.4, -0.2) is 23.8 Å². The normalized spacial score (nSPS) is 21.8. The van der Waals surface area contributed by atoms with Crippen LogP contribution < -0.4 is 0 Å². The van der Waals surface area contributed by atoms with Gasteiger partial charge in [-0.2, -0.15) is 0 Å². The molecule has 2 nitrogen and oxygen atoms in total. The fourth-order valence-corrected chi connectivity index (χ4v) is 4.11. The minimum atomic E-state index is 0.364. The molecule has 1 aromatic rings. The van der Waals surface area contributed by atoms with Gasteiger partial charge in [0.15, 0.2) is 0 Å². The van der Waals surface area contributed by atoms with E-state index in [-0.39, 0.29) is 0 Å². The Kier molecular flexibility index (Phi) is 3.80. The van der Waals surface area contributed by atoms with Crippen LogP contribution in [0.2, 0.25) is 0 Å². The number of fused-ring (bicyclic) bond motifs is 1. The van der Waals surface area contributed by atoms with Crippen molar-refractivity contribution < 1.29 is 4.79 Å². The van der Waals surface area contributed by atoms with Gasteiger partial charge in [-0.05, 0) is 36.3 Å². The van der Waals surface area contributed by atoms with Gasteiger partial charge in [0.05, 0.1) is 6.54 Å². The van der Waals surface area contributed by atoms with Crippen LogP contribution >= 0.6 is 11.3 Å². The molecule has 98 valence electrons. The van der Waals surface area contributed by atoms with Crippen LogP contribution in [0, 0.1) is 5.92 Å². The molecule has 0 amide bonds. The Morgan fingerprint density at radius 2 is 2.17 bits per heavy atom. The van der Waals surface area contributed by atoms with Gasteiger partial charge in [0, 0.05) is 23.9 Å². The van der Waals surface area contributed by atoms with Crippen molar-refractivity contribution in [3.05, 3.63) is 21.9 Å². The highest BCUT2D eigenvalue weighted by Crippen LogP contribution is 2.27. The van der Waals surface area contributed by atoms with E-state index < -0.39 is 0 Å². The number of rotatable bonds is 3. The summed E-state index contributed by atoms with van der Waals surface area (Å²) in [4.78, 5) is 16.1. The van der Waals surface area contributed by atoms with E-state index in [0.717, 1.165) is 32.4 Å². The number of carbonyl (C=O) groups excluding carboxylic acids is 1. The molecule has 18 heavy (non-hydrogen) atoms. The molecule has 0 saturated heterocycles. The zero-order valence-electron chi connectivity index (χ0n) is 10.9. The molecule has 0 aromatic carbocycles. The van der Waals surface area contributed by atoms with Crippen LogP contribution in [-0.2, 0) is 17.8 Å². The summed E-state index contributed by atoms with van der Waals surface area (Å²) in [5.74, 6) is 0.857. The van der Waals surface area contributed by atoms with Crippen molar-refractivity contribution in [2.45, 2.75) is 45.1 Å². The summed E-state index contributed by atoms with van der Waals surface area (Å²) in [6, 6.07) is 2.22. The standard InChI is InChI=1S/C15H21NOS/c17-14(12-4-2-1-3-5-12)11-16-8-6-15-13(10-16)7-9-18-15/h7,9,12H,1-6,8,10-11H2. The highest BCUT2D eigenvalue weighted by Gasteiger charge is 2.25. The van der Waals surface area contributed by atoms with E-state index in [4.69, 9.17) is 0 Å². The number of carbonyl (C=O) groups is 1. The van der Waals surface area contributed by atoms with Crippen molar-refractivity contribution >= 4 is 17.1 Å². The van der Waals surface area contributed by atoms with Gasteiger partial charge in [-0.25, -0.2) is 0 Å². The van der Waals surface area contributed by atoms with Gasteiger partial charge in [-0.3, -0.25) is 9.69 Å². The van der Waals surface area contributed by atoms with Gasteiger partial charge in [0.25, 0.3) is 0 Å². The number of nitrogens with zero attached hydrogens (tertiary/aromatic N) is 1. The average Bonchev–Trinajstić information content (AvgIpc) is 2.87. The molecule has 2 heterocycles. The van der Waals surface area contributed by atoms with E-state index in [1.807, 2.05) is 11.3 Å². The molecule has 0 radical (unpaired) electrons. The number of hydrogen-bond acceptors (Lipinski definition) is 3. The Bertz CT molecular complexity index is 420. The molecule has 1 aliphatic carbocycles. The summed E-state index contributed by atoms with van der Waals surface area (Å²) < 4.78 is 0. The quantitative estimate of drug-likeness (QED) is 0.834. The molecule has 1 aromatic heterocycles. The molecular formula is C15H21NOS. The SMILES string of the molecule is O=C(CN1CCc2sccc2C1)C1CCCCC1. The predicted molar refractivity (Wildman–Crippen MR) is 74.9 cm³/mol. The summed E-state index contributed by atoms with van der Waals surface area (Å²) in [5.41, 5.74) is 1.45. The second kappa shape index (κ2) is 5.54. The summed E-state index contributed by atoms with van der Waals surface area (Å²) in [7, 11) is 0. The number of hydrogen-bond donors (Lipinski definition) is 0. The Labute approximate surface area is 113 Å². The molecule has 0 unspecified atom stereocenters. The van der Waals surface area contributed by atoms with Crippen LogP contribution in [0.15, 0.2) is 11.4 Å². The lowest BCUT2D eigenvalue weighted by atomic mass is 9.86. The molecule has 1 saturated carbocycles. The molecule has 0 bridgehead atoms. The lowest BCUT2D eigenvalue weighted by Crippen LogP contribution is -2.37. The van der Waals surface area contributed by atoms with E-state index in [2.05, 4.69) is 16.3 Å². The lowest BCUT2D eigenvalue weighted by molar-refractivity contribution is -0.125. The molecule has 0 spiro atoms. The molecular weight excluding hydrogens is 242 g/mol. The van der Waals surface area contributed by atoms with Crippen molar-refractivity contribution in [2.75, 3.05) is 13.1 Å². The first-order chi connectivity index (χ1) is 8.83. The monoisotopic (exact) mass is 263 g/mol. The summed E-state index contributed by atoms with van der Waals surface area (Å²) in [5, 5.41) is 2.18. The zero-order valence-corrected chi connectivity index (χ0v) is 11.7. The number of Topliss-reactive ketones (excluding diaryl/α,β-unsaturated/α-hetero) is 1. The van der Waals surface area contributed by atoms with E-state index in [1.54, 1.807) is 0 Å². The average molecular weight is 263 g/mol. The molecule has 0 atom stereocenters. The van der Waals surface area contributed by atoms with E-state index in [9.17, 15) is 4.79 Å². The van der Waals surface area contributed by atoms with Crippen molar-refractivity contribution in [1.29, 1.82) is 0 Å². The molecule has 2 aliphatic rings. The second-order valence-corrected chi connectivity index (χ2v) is 6.63. The van der Waals surface area contributed by atoms with Gasteiger partial charge in [-0.1, -0.05) is 19.3 Å². The Hall–Kier alpha value is -0.670. The van der Waals surface area contributed by atoms with Crippen LogP contribution in [0.3, 0.4) is 0 Å². The first kappa shape index (κ1) is 12.4. The third-order valence-electron chi connectivity index (χ3n) is 4.33. The van der Waals surface area contributed by atoms with Crippen molar-refractivity contribution in [3.8, 4) is 0 Å². The van der Waals surface area contributed by atoms with Gasteiger partial charge in [0.1, 0.15) is 5.78 Å². The van der Waals surface area contributed by atoms with Crippen LogP contribution in [0.25, 0.3) is 0 Å². The third kappa shape index (κ3) is 2.67. The molecule has 1 aliphatic heterocycles. The third-order valence-corrected chi connectivity index (χ3v) is 5.35. The fraction of sp³-hybridized carbons (Fsp3) is 0.667. The molecule has 3 heteroatoms. The summed E-state index contributed by atoms with van der Waals surface area (Å²) >= 11 is 1.86. The number of thiophene rings is 1. The van der Waals surface area contributed by atoms with Gasteiger partial charge < -0.3 is 0 Å². The Morgan fingerprint density at radius 3 is 3.00 bits per heavy atom.